The number of rotatable bonds is 12. The molecule has 0 fully saturated rings. The fourth-order valence-corrected chi connectivity index (χ4v) is 5.02. The molecule has 0 aliphatic heterocycles. The van der Waals surface area contributed by atoms with Crippen molar-refractivity contribution in [2.45, 2.75) is 33.1 Å². The van der Waals surface area contributed by atoms with Crippen LogP contribution in [0.4, 0.5) is 0 Å². The molecule has 0 amide bonds. The van der Waals surface area contributed by atoms with Crippen molar-refractivity contribution in [3.8, 4) is 11.1 Å². The number of hydrogen-bond acceptors (Lipinski definition) is 0. The molecule has 0 heteroatoms. The van der Waals surface area contributed by atoms with Gasteiger partial charge in [0.1, 0.15) is 0 Å². The highest BCUT2D eigenvalue weighted by molar-refractivity contribution is 5.93. The molecule has 0 radical (unpaired) electrons. The molecular weight excluding hydrogens is 516 g/mol. The maximum absolute atomic E-state index is 4.39. The Balaban J connectivity index is 1.60. The minimum absolute atomic E-state index is 1.02. The molecule has 214 valence electrons. The molecule has 0 N–H and O–H groups in total. The van der Waals surface area contributed by atoms with E-state index >= 15 is 0 Å². The zero-order valence-corrected chi connectivity index (χ0v) is 25.5. The van der Waals surface area contributed by atoms with Crippen LogP contribution in [0.3, 0.4) is 0 Å². The van der Waals surface area contributed by atoms with Crippen molar-refractivity contribution in [2.24, 2.45) is 0 Å². The lowest BCUT2D eigenvalue weighted by Crippen LogP contribution is -1.93. The predicted molar refractivity (Wildman–Crippen MR) is 191 cm³/mol. The first-order valence-electron chi connectivity index (χ1n) is 15.2. The largest absolute Gasteiger partial charge is 0.0990 e. The third-order valence-electron chi connectivity index (χ3n) is 7.25. The molecule has 1 aliphatic carbocycles. The average molecular weight is 559 g/mol. The van der Waals surface area contributed by atoms with Crippen molar-refractivity contribution in [1.82, 2.24) is 0 Å². The van der Waals surface area contributed by atoms with Crippen LogP contribution in [0.25, 0.3) is 28.9 Å². The third-order valence-corrected chi connectivity index (χ3v) is 7.25. The normalized spacial score (nSPS) is 14.6. The standard InChI is InChI=1S/C43H42/c1-5-8-9-12-19-34(4)42(40-20-13-10-14-21-40)32-35-24-28-37(29-25-35)38-30-26-36(27-31-38)33-43(39(17-6-2)18-7-3)41-22-15-11-16-23-41/h6-9,11-13,15-33H,2,4-5,10,14H2,1,3H3/b9-8?,18-7-,19-12-,39-17+,42-32-,43-33-. The van der Waals surface area contributed by atoms with Gasteiger partial charge >= 0.3 is 0 Å². The van der Waals surface area contributed by atoms with Crippen LogP contribution >= 0.6 is 0 Å². The minimum Gasteiger partial charge on any atom is -0.0990 e. The van der Waals surface area contributed by atoms with Gasteiger partial charge in [-0.1, -0.05) is 166 Å². The van der Waals surface area contributed by atoms with Crippen LogP contribution in [-0.4, -0.2) is 0 Å². The van der Waals surface area contributed by atoms with Crippen molar-refractivity contribution < 1.29 is 0 Å². The van der Waals surface area contributed by atoms with Crippen LogP contribution < -0.4 is 0 Å². The smallest absolute Gasteiger partial charge is 0.0106 e. The SMILES string of the molecule is C=C/C=C(\C=C/C)C(=C/c1ccc(-c2ccc(/C=C(/C(=C)/C=C\C=CCC)C3=CCCC=C3)cc2)cc1)/c1ccccc1. The van der Waals surface area contributed by atoms with E-state index in [1.54, 1.807) is 0 Å². The highest BCUT2D eigenvalue weighted by atomic mass is 14.1. The lowest BCUT2D eigenvalue weighted by molar-refractivity contribution is 1.02. The van der Waals surface area contributed by atoms with Crippen molar-refractivity contribution in [2.75, 3.05) is 0 Å². The van der Waals surface area contributed by atoms with Gasteiger partial charge in [-0.25, -0.2) is 0 Å². The van der Waals surface area contributed by atoms with E-state index in [0.29, 0.717) is 0 Å². The Morgan fingerprint density at radius 2 is 1.42 bits per heavy atom. The van der Waals surface area contributed by atoms with Gasteiger partial charge in [-0.2, -0.15) is 0 Å². The van der Waals surface area contributed by atoms with Crippen LogP contribution in [0.5, 0.6) is 0 Å². The Bertz CT molecular complexity index is 1620. The van der Waals surface area contributed by atoms with Gasteiger partial charge in [0.2, 0.25) is 0 Å². The first-order valence-corrected chi connectivity index (χ1v) is 15.2. The molecule has 0 heterocycles. The summed E-state index contributed by atoms with van der Waals surface area (Å²) in [5.41, 5.74) is 11.6. The Hall–Kier alpha value is -4.94. The summed E-state index contributed by atoms with van der Waals surface area (Å²) >= 11 is 0. The minimum atomic E-state index is 1.02. The number of allylic oxidation sites excluding steroid dienone is 16. The monoisotopic (exact) mass is 558 g/mol. The van der Waals surface area contributed by atoms with Crippen LogP contribution in [0.15, 0.2) is 181 Å². The summed E-state index contributed by atoms with van der Waals surface area (Å²) in [6.45, 7) is 12.5. The van der Waals surface area contributed by atoms with Gasteiger partial charge < -0.3 is 0 Å². The van der Waals surface area contributed by atoms with E-state index in [9.17, 15) is 0 Å². The zero-order chi connectivity index (χ0) is 30.3. The van der Waals surface area contributed by atoms with Gasteiger partial charge in [0.15, 0.2) is 0 Å². The molecule has 1 aliphatic rings. The lowest BCUT2D eigenvalue weighted by atomic mass is 9.92. The van der Waals surface area contributed by atoms with E-state index < -0.39 is 0 Å². The van der Waals surface area contributed by atoms with Crippen molar-refractivity contribution in [3.63, 3.8) is 0 Å². The molecule has 0 spiro atoms. The fraction of sp³-hybridized carbons (Fsp3) is 0.116. The highest BCUT2D eigenvalue weighted by Gasteiger charge is 2.09. The van der Waals surface area contributed by atoms with Crippen molar-refractivity contribution >= 4 is 17.7 Å². The highest BCUT2D eigenvalue weighted by Crippen LogP contribution is 2.30. The van der Waals surface area contributed by atoms with Crippen molar-refractivity contribution in [1.29, 1.82) is 0 Å². The first kappa shape index (κ1) is 31.0. The molecule has 3 aromatic rings. The zero-order valence-electron chi connectivity index (χ0n) is 25.5. The van der Waals surface area contributed by atoms with Gasteiger partial charge in [0.25, 0.3) is 0 Å². The van der Waals surface area contributed by atoms with E-state index in [-0.39, 0.29) is 0 Å². The topological polar surface area (TPSA) is 0 Å². The molecule has 0 nitrogen and oxygen atoms in total. The van der Waals surface area contributed by atoms with Crippen LogP contribution in [-0.2, 0) is 0 Å². The maximum Gasteiger partial charge on any atom is -0.0106 e. The van der Waals surface area contributed by atoms with E-state index in [1.807, 2.05) is 19.1 Å². The van der Waals surface area contributed by atoms with Gasteiger partial charge in [-0.15, -0.1) is 0 Å². The molecule has 0 aromatic heterocycles. The number of benzene rings is 3. The average Bonchev–Trinajstić information content (AvgIpc) is 3.06. The Labute approximate surface area is 259 Å². The molecule has 0 unspecified atom stereocenters. The van der Waals surface area contributed by atoms with E-state index in [0.717, 1.165) is 47.1 Å². The Morgan fingerprint density at radius 1 is 0.767 bits per heavy atom. The summed E-state index contributed by atoms with van der Waals surface area (Å²) in [6, 6.07) is 28.1. The Kier molecular flexibility index (Phi) is 11.9. The summed E-state index contributed by atoms with van der Waals surface area (Å²) in [6.07, 6.45) is 31.0. The van der Waals surface area contributed by atoms with E-state index in [1.165, 1.54) is 27.8 Å². The second kappa shape index (κ2) is 16.5. The molecule has 0 atom stereocenters. The second-order valence-corrected chi connectivity index (χ2v) is 10.4. The molecule has 0 bridgehead atoms. The molecule has 0 saturated heterocycles. The molecule has 43 heavy (non-hydrogen) atoms. The van der Waals surface area contributed by atoms with Gasteiger partial charge in [-0.3, -0.25) is 0 Å². The molecule has 4 rings (SSSR count). The molecular formula is C43H42. The van der Waals surface area contributed by atoms with Crippen LogP contribution in [0.1, 0.15) is 49.8 Å². The maximum atomic E-state index is 4.39. The van der Waals surface area contributed by atoms with Crippen molar-refractivity contribution in [3.05, 3.63) is 198 Å². The summed E-state index contributed by atoms with van der Waals surface area (Å²) in [4.78, 5) is 0. The summed E-state index contributed by atoms with van der Waals surface area (Å²) in [5, 5.41) is 0. The Morgan fingerprint density at radius 3 is 1.98 bits per heavy atom. The second-order valence-electron chi connectivity index (χ2n) is 10.4. The van der Waals surface area contributed by atoms with E-state index in [4.69, 9.17) is 0 Å². The molecule has 3 aromatic carbocycles. The molecule has 0 saturated carbocycles. The van der Waals surface area contributed by atoms with Crippen LogP contribution in [0, 0.1) is 0 Å². The third kappa shape index (κ3) is 9.02. The van der Waals surface area contributed by atoms with Crippen LogP contribution in [0.2, 0.25) is 0 Å². The predicted octanol–water partition coefficient (Wildman–Crippen LogP) is 12.3. The van der Waals surface area contributed by atoms with E-state index in [2.05, 4.69) is 166 Å². The summed E-state index contributed by atoms with van der Waals surface area (Å²) in [5.74, 6) is 0. The summed E-state index contributed by atoms with van der Waals surface area (Å²) in [7, 11) is 0. The number of hydrogen-bond donors (Lipinski definition) is 0. The first-order chi connectivity index (χ1) is 21.1. The quantitative estimate of drug-likeness (QED) is 0.153. The van der Waals surface area contributed by atoms with Gasteiger partial charge in [0, 0.05) is 0 Å². The van der Waals surface area contributed by atoms with Gasteiger partial charge in [0.05, 0.1) is 0 Å². The summed E-state index contributed by atoms with van der Waals surface area (Å²) < 4.78 is 0. The van der Waals surface area contributed by atoms with Gasteiger partial charge in [-0.05, 0) is 94.0 Å². The lowest BCUT2D eigenvalue weighted by Gasteiger charge is -2.13. The fourth-order valence-electron chi connectivity index (χ4n) is 5.02.